The predicted molar refractivity (Wildman–Crippen MR) is 413 cm³/mol. The highest BCUT2D eigenvalue weighted by atomic mass is 32.2. The topological polar surface area (TPSA) is 182 Å². The molecule has 6 rings (SSSR count). The highest BCUT2D eigenvalue weighted by Crippen LogP contribution is 2.49. The molecule has 5 aliphatic rings. The smallest absolute Gasteiger partial charge is 0.308 e. The van der Waals surface area contributed by atoms with Crippen molar-refractivity contribution in [3.8, 4) is 0 Å². The largest absolute Gasteiger partial charge is 0.469 e. The number of rotatable bonds is 30. The van der Waals surface area contributed by atoms with Crippen molar-refractivity contribution >= 4 is 57.4 Å². The molecule has 1 aromatic carbocycles. The van der Waals surface area contributed by atoms with E-state index in [0.29, 0.717) is 51.6 Å². The zero-order chi connectivity index (χ0) is 74.8. The van der Waals surface area contributed by atoms with Gasteiger partial charge >= 0.3 is 5.97 Å². The van der Waals surface area contributed by atoms with Crippen molar-refractivity contribution in [2.75, 3.05) is 26.6 Å². The number of hydrogen-bond acceptors (Lipinski definition) is 16. The van der Waals surface area contributed by atoms with E-state index in [4.69, 9.17) is 55.3 Å². The molecule has 0 amide bonds. The first-order valence-corrected chi connectivity index (χ1v) is 53.6. The number of carbonyl (C=O) groups is 1. The summed E-state index contributed by atoms with van der Waals surface area (Å²) in [6, 6.07) is 8.69. The van der Waals surface area contributed by atoms with Crippen LogP contribution in [0.25, 0.3) is 0 Å². The number of aliphatic hydroxyl groups is 1. The maximum Gasteiger partial charge on any atom is 0.308 e. The lowest BCUT2D eigenvalue weighted by Gasteiger charge is -2.56. The summed E-state index contributed by atoms with van der Waals surface area (Å²) in [6.07, 6.45) is 3.30. The van der Waals surface area contributed by atoms with Gasteiger partial charge in [-0.05, 0) is 171 Å². The number of hydrogen-bond donors (Lipinski definition) is 1. The summed E-state index contributed by atoms with van der Waals surface area (Å²) in [5.74, 6) is -0.822. The SMILES string of the molecule is C=C1C[C@H](CCC(O)C=C[C@H](O[Si](C)(C)C(C)(C)C)[C@@H]2O[C@H]3CC[C@H](CC(=O)OC)O[C@@H]3[C@H](O[Si](C)(C)C(C)(C)C)[C@@H]2O[Si](C)(C)C(C)(C)C)OC1CC[C@H]1C[C@@H](C)C(=C)[C@@H](C[C@@H]2O[C@H](C[C@@H](CO[Si](C)(C)C(C)(C)C)O[Si](C)(C)C(C)(C)C)[C@H](OC)[C@H]2CS(=O)(=O)c2ccccc2)O1. The lowest BCUT2D eigenvalue weighted by Crippen LogP contribution is -2.69. The Morgan fingerprint density at radius 3 is 1.75 bits per heavy atom. The molecule has 5 heterocycles. The van der Waals surface area contributed by atoms with E-state index in [0.717, 1.165) is 30.4 Å². The van der Waals surface area contributed by atoms with Crippen LogP contribution < -0.4 is 0 Å². The van der Waals surface area contributed by atoms with Gasteiger partial charge in [-0.1, -0.05) is 154 Å². The van der Waals surface area contributed by atoms with E-state index in [-0.39, 0.29) is 96.9 Å². The Morgan fingerprint density at radius 1 is 0.636 bits per heavy atom. The normalized spacial score (nSPS) is 30.2. The van der Waals surface area contributed by atoms with Crippen LogP contribution in [0.1, 0.15) is 181 Å². The number of fused-ring (bicyclic) bond motifs is 1. The van der Waals surface area contributed by atoms with Gasteiger partial charge < -0.3 is 60.4 Å². The maximum absolute atomic E-state index is 14.4. The number of ether oxygens (including phenoxy) is 7. The van der Waals surface area contributed by atoms with Crippen molar-refractivity contribution in [3.63, 3.8) is 0 Å². The van der Waals surface area contributed by atoms with E-state index in [1.165, 1.54) is 7.11 Å². The van der Waals surface area contributed by atoms with Gasteiger partial charge in [-0.25, -0.2) is 8.42 Å². The predicted octanol–water partition coefficient (Wildman–Crippen LogP) is 17.6. The fourth-order valence-corrected chi connectivity index (χ4v) is 21.1. The standard InChI is InChI=1S/C77H140O16SSi5/c1-51-44-56(86-64(53(51)3)48-65-60(50-94(80,81)59-34-32-31-33-35-59)68(83-20)66(88-65)46-58(90-96(23,24)74(7,8)9)49-84-95(21,22)73(4,5)6)39-42-61-52(2)45-55(85-61)38-36-54(78)37-41-63(91-97(25,26)75(10,11)12)70-72(93-99(29,30)77(16,17)18)71(92-98(27,28)76(13,14)15)69-62(89-70)43-40-57(87-69)47-67(79)82-19/h31-35,37,41,51,54-58,60-66,68-72,78H,2-3,36,38-40,42-50H2,1,4-30H3/t51-,54?,55+,56+,57-,58+,60+,61?,62+,63+,64-,65+,66-,68-,69+,70+,71+,72-/m1/s1. The van der Waals surface area contributed by atoms with Gasteiger partial charge in [-0.15, -0.1) is 0 Å². The van der Waals surface area contributed by atoms with Crippen molar-refractivity contribution in [2.45, 2.75) is 375 Å². The van der Waals surface area contributed by atoms with Gasteiger partial charge in [0.15, 0.2) is 51.4 Å². The molecule has 0 radical (unpaired) electrons. The minimum Gasteiger partial charge on any atom is -0.469 e. The average molecular weight is 1490 g/mol. The van der Waals surface area contributed by atoms with Crippen LogP contribution in [-0.2, 0) is 69.9 Å². The molecule has 22 heteroatoms. The van der Waals surface area contributed by atoms with E-state index < -0.39 is 112 Å². The Kier molecular flexibility index (Phi) is 29.1. The Bertz CT molecular complexity index is 2940. The molecule has 5 saturated heterocycles. The quantitative estimate of drug-likeness (QED) is 0.0436. The molecule has 5 fully saturated rings. The first kappa shape index (κ1) is 86.4. The van der Waals surface area contributed by atoms with Crippen LogP contribution >= 0.6 is 0 Å². The van der Waals surface area contributed by atoms with Crippen LogP contribution in [0.5, 0.6) is 0 Å². The molecule has 1 N–H and O–H groups in total. The highest BCUT2D eigenvalue weighted by Gasteiger charge is 2.59. The molecular formula is C77H140O16SSi5. The molecule has 1 aromatic rings. The van der Waals surface area contributed by atoms with Crippen molar-refractivity contribution in [1.29, 1.82) is 0 Å². The summed E-state index contributed by atoms with van der Waals surface area (Å²) >= 11 is 0. The van der Waals surface area contributed by atoms with Gasteiger partial charge in [0, 0.05) is 25.9 Å². The molecule has 16 nitrogen and oxygen atoms in total. The van der Waals surface area contributed by atoms with Gasteiger partial charge in [0.05, 0.1) is 104 Å². The van der Waals surface area contributed by atoms with Gasteiger partial charge in [0.2, 0.25) is 0 Å². The Morgan fingerprint density at radius 2 is 1.19 bits per heavy atom. The van der Waals surface area contributed by atoms with E-state index in [1.54, 1.807) is 31.4 Å². The van der Waals surface area contributed by atoms with E-state index in [2.05, 4.69) is 189 Å². The molecule has 0 saturated carbocycles. The fraction of sp³-hybridized carbons (Fsp3) is 0.831. The summed E-state index contributed by atoms with van der Waals surface area (Å²) < 4.78 is 113. The van der Waals surface area contributed by atoms with Crippen LogP contribution in [0.4, 0.5) is 0 Å². The minimum absolute atomic E-state index is 0.00392. The van der Waals surface area contributed by atoms with Crippen LogP contribution in [0, 0.1) is 11.8 Å². The molecule has 99 heavy (non-hydrogen) atoms. The summed E-state index contributed by atoms with van der Waals surface area (Å²) in [5.41, 5.74) is 2.02. The van der Waals surface area contributed by atoms with E-state index >= 15 is 0 Å². The lowest BCUT2D eigenvalue weighted by molar-refractivity contribution is -0.267. The molecular weight excluding hydrogens is 1350 g/mol. The third-order valence-corrected chi connectivity index (χ3v) is 49.1. The lowest BCUT2D eigenvalue weighted by atomic mass is 9.83. The van der Waals surface area contributed by atoms with E-state index in [9.17, 15) is 18.3 Å². The first-order valence-electron chi connectivity index (χ1n) is 37.4. The molecule has 5 aliphatic heterocycles. The fourth-order valence-electron chi connectivity index (χ4n) is 13.1. The molecule has 2 unspecified atom stereocenters. The second kappa shape index (κ2) is 33.3. The monoisotopic (exact) mass is 1490 g/mol. The zero-order valence-electron chi connectivity index (χ0n) is 67.0. The summed E-state index contributed by atoms with van der Waals surface area (Å²) in [5, 5.41) is 11.6. The average Bonchev–Trinajstić information content (AvgIpc) is 0.965. The maximum atomic E-state index is 14.4. The van der Waals surface area contributed by atoms with Crippen LogP contribution in [0.2, 0.25) is 90.7 Å². The molecule has 0 spiro atoms. The van der Waals surface area contributed by atoms with Crippen molar-refractivity contribution in [3.05, 3.63) is 66.8 Å². The Hall–Kier alpha value is -1.54. The third-order valence-electron chi connectivity index (χ3n) is 24.9. The number of aliphatic hydroxyl groups excluding tert-OH is 1. The number of esters is 1. The summed E-state index contributed by atoms with van der Waals surface area (Å²) in [6.45, 7) is 68.1. The van der Waals surface area contributed by atoms with Crippen LogP contribution in [0.15, 0.2) is 71.7 Å². The van der Waals surface area contributed by atoms with E-state index in [1.807, 2.05) is 18.2 Å². The molecule has 0 bridgehead atoms. The molecule has 0 aliphatic carbocycles. The second-order valence-corrected chi connectivity index (χ2v) is 63.5. The minimum atomic E-state index is -3.76. The third kappa shape index (κ3) is 22.3. The Balaban J connectivity index is 1.19. The summed E-state index contributed by atoms with van der Waals surface area (Å²) in [7, 11) is -12.8. The number of methoxy groups -OCH3 is 2. The van der Waals surface area contributed by atoms with Gasteiger partial charge in [-0.3, -0.25) is 4.79 Å². The van der Waals surface area contributed by atoms with Crippen LogP contribution in [0.3, 0.4) is 0 Å². The van der Waals surface area contributed by atoms with Crippen molar-refractivity contribution in [2.24, 2.45) is 11.8 Å². The van der Waals surface area contributed by atoms with Gasteiger partial charge in [0.25, 0.3) is 0 Å². The number of carbonyl (C=O) groups excluding carboxylic acids is 1. The molecule has 18 atom stereocenters. The second-order valence-electron chi connectivity index (χ2n) is 37.6. The van der Waals surface area contributed by atoms with Crippen molar-refractivity contribution in [1.82, 2.24) is 0 Å². The first-order chi connectivity index (χ1) is 45.1. The van der Waals surface area contributed by atoms with Gasteiger partial charge in [-0.2, -0.15) is 0 Å². The van der Waals surface area contributed by atoms with Crippen molar-refractivity contribution < 1.29 is 73.6 Å². The van der Waals surface area contributed by atoms with Crippen LogP contribution in [-0.4, -0.2) is 185 Å². The summed E-state index contributed by atoms with van der Waals surface area (Å²) in [4.78, 5) is 13.0. The molecule has 570 valence electrons. The molecule has 0 aromatic heterocycles. The van der Waals surface area contributed by atoms with Gasteiger partial charge in [0.1, 0.15) is 24.4 Å². The Labute approximate surface area is 607 Å². The number of sulfone groups is 1. The highest BCUT2D eigenvalue weighted by molar-refractivity contribution is 7.91. The number of benzene rings is 1. The zero-order valence-corrected chi connectivity index (χ0v) is 72.8.